The van der Waals surface area contributed by atoms with E-state index >= 15 is 0 Å². The van der Waals surface area contributed by atoms with Gasteiger partial charge in [0.25, 0.3) is 0 Å². The summed E-state index contributed by atoms with van der Waals surface area (Å²) in [5, 5.41) is 18.0. The number of hydrogen-bond acceptors (Lipinski definition) is 3. The third kappa shape index (κ3) is 3.48. The molecule has 3 rings (SSSR count). The van der Waals surface area contributed by atoms with Gasteiger partial charge in [-0.15, -0.1) is 5.10 Å². The molecule has 0 unspecified atom stereocenters. The van der Waals surface area contributed by atoms with Crippen LogP contribution in [-0.2, 0) is 19.4 Å². The Kier molecular flexibility index (Phi) is 4.53. The van der Waals surface area contributed by atoms with Crippen LogP contribution < -0.4 is 0 Å². The molecule has 2 aromatic carbocycles. The molecule has 0 aliphatic heterocycles. The molecule has 4 nitrogen and oxygen atoms in total. The van der Waals surface area contributed by atoms with E-state index in [-0.39, 0.29) is 6.61 Å². The zero-order chi connectivity index (χ0) is 16.2. The van der Waals surface area contributed by atoms with Gasteiger partial charge in [-0.2, -0.15) is 0 Å². The molecule has 1 heterocycles. The normalized spacial score (nSPS) is 10.9. The van der Waals surface area contributed by atoms with Gasteiger partial charge in [0.15, 0.2) is 0 Å². The quantitative estimate of drug-likeness (QED) is 0.787. The minimum absolute atomic E-state index is 0.0884. The van der Waals surface area contributed by atoms with Crippen molar-refractivity contribution in [3.8, 4) is 5.69 Å². The predicted molar refractivity (Wildman–Crippen MR) is 90.6 cm³/mol. The van der Waals surface area contributed by atoms with E-state index in [1.165, 1.54) is 16.7 Å². The Bertz CT molecular complexity index is 773. The lowest BCUT2D eigenvalue weighted by Crippen LogP contribution is -2.06. The molecule has 4 heteroatoms. The first-order valence-electron chi connectivity index (χ1n) is 7.84. The summed E-state index contributed by atoms with van der Waals surface area (Å²) in [6, 6.07) is 16.7. The van der Waals surface area contributed by atoms with E-state index in [9.17, 15) is 5.11 Å². The van der Waals surface area contributed by atoms with Crippen molar-refractivity contribution < 1.29 is 5.11 Å². The fourth-order valence-electron chi connectivity index (χ4n) is 2.89. The average Bonchev–Trinajstić information content (AvgIpc) is 2.96. The van der Waals surface area contributed by atoms with Crippen LogP contribution in [0.3, 0.4) is 0 Å². The van der Waals surface area contributed by atoms with Gasteiger partial charge in [-0.05, 0) is 55.5 Å². The van der Waals surface area contributed by atoms with Gasteiger partial charge < -0.3 is 5.11 Å². The van der Waals surface area contributed by atoms with Crippen molar-refractivity contribution in [2.75, 3.05) is 0 Å². The van der Waals surface area contributed by atoms with Crippen LogP contribution in [0.2, 0.25) is 0 Å². The molecule has 0 aliphatic rings. The minimum Gasteiger partial charge on any atom is -0.390 e. The molecule has 118 valence electrons. The molecule has 1 aromatic heterocycles. The highest BCUT2D eigenvalue weighted by atomic mass is 16.3. The second kappa shape index (κ2) is 6.75. The molecule has 1 N–H and O–H groups in total. The SMILES string of the molecule is Cc1cc(C)cc(-n2nnc(CO)c2CCc2ccccc2)c1. The lowest BCUT2D eigenvalue weighted by molar-refractivity contribution is 0.275. The van der Waals surface area contributed by atoms with Crippen LogP contribution in [0.1, 0.15) is 28.1 Å². The summed E-state index contributed by atoms with van der Waals surface area (Å²) < 4.78 is 1.86. The van der Waals surface area contributed by atoms with Crippen LogP contribution >= 0.6 is 0 Å². The van der Waals surface area contributed by atoms with Gasteiger partial charge in [0.2, 0.25) is 0 Å². The second-order valence-corrected chi connectivity index (χ2v) is 5.88. The highest BCUT2D eigenvalue weighted by Crippen LogP contribution is 2.18. The van der Waals surface area contributed by atoms with E-state index in [1.54, 1.807) is 0 Å². The number of aromatic nitrogens is 3. The monoisotopic (exact) mass is 307 g/mol. The maximum absolute atomic E-state index is 9.57. The van der Waals surface area contributed by atoms with Gasteiger partial charge in [0, 0.05) is 0 Å². The molecule has 0 radical (unpaired) electrons. The number of hydrogen-bond donors (Lipinski definition) is 1. The summed E-state index contributed by atoms with van der Waals surface area (Å²) in [5.74, 6) is 0. The Labute approximate surface area is 136 Å². The number of aliphatic hydroxyl groups excluding tert-OH is 1. The number of aryl methyl sites for hydroxylation is 3. The fraction of sp³-hybridized carbons (Fsp3) is 0.263. The number of nitrogens with zero attached hydrogens (tertiary/aromatic N) is 3. The molecule has 0 amide bonds. The summed E-state index contributed by atoms with van der Waals surface area (Å²) in [6.45, 7) is 4.06. The van der Waals surface area contributed by atoms with Crippen molar-refractivity contribution in [1.29, 1.82) is 0 Å². The van der Waals surface area contributed by atoms with Crippen molar-refractivity contribution in [1.82, 2.24) is 15.0 Å². The van der Waals surface area contributed by atoms with Gasteiger partial charge in [-0.3, -0.25) is 0 Å². The topological polar surface area (TPSA) is 50.9 Å². The van der Waals surface area contributed by atoms with Crippen molar-refractivity contribution in [3.05, 3.63) is 76.6 Å². The Morgan fingerprint density at radius 3 is 2.30 bits per heavy atom. The molecule has 0 saturated carbocycles. The van der Waals surface area contributed by atoms with Crippen LogP contribution in [0.15, 0.2) is 48.5 Å². The van der Waals surface area contributed by atoms with E-state index in [0.717, 1.165) is 24.2 Å². The molecule has 3 aromatic rings. The summed E-state index contributed by atoms with van der Waals surface area (Å²) in [5.41, 5.74) is 6.27. The first kappa shape index (κ1) is 15.4. The lowest BCUT2D eigenvalue weighted by Gasteiger charge is -2.10. The highest BCUT2D eigenvalue weighted by molar-refractivity contribution is 5.40. The van der Waals surface area contributed by atoms with E-state index < -0.39 is 0 Å². The first-order valence-corrected chi connectivity index (χ1v) is 7.84. The van der Waals surface area contributed by atoms with E-state index in [2.05, 4.69) is 54.5 Å². The standard InChI is InChI=1S/C19H21N3O/c1-14-10-15(2)12-17(11-14)22-19(18(13-23)20-21-22)9-8-16-6-4-3-5-7-16/h3-7,10-12,23H,8-9,13H2,1-2H3. The summed E-state index contributed by atoms with van der Waals surface area (Å²) in [4.78, 5) is 0. The highest BCUT2D eigenvalue weighted by Gasteiger charge is 2.14. The van der Waals surface area contributed by atoms with E-state index in [0.29, 0.717) is 5.69 Å². The van der Waals surface area contributed by atoms with Crippen molar-refractivity contribution in [2.45, 2.75) is 33.3 Å². The molecule has 0 fully saturated rings. The van der Waals surface area contributed by atoms with Gasteiger partial charge in [-0.1, -0.05) is 41.6 Å². The van der Waals surface area contributed by atoms with Crippen molar-refractivity contribution >= 4 is 0 Å². The van der Waals surface area contributed by atoms with Crippen LogP contribution in [0.5, 0.6) is 0 Å². The Morgan fingerprint density at radius 2 is 1.65 bits per heavy atom. The zero-order valence-electron chi connectivity index (χ0n) is 13.5. The largest absolute Gasteiger partial charge is 0.390 e. The molecule has 0 atom stereocenters. The lowest BCUT2D eigenvalue weighted by atomic mass is 10.1. The van der Waals surface area contributed by atoms with Gasteiger partial charge >= 0.3 is 0 Å². The summed E-state index contributed by atoms with van der Waals surface area (Å²) >= 11 is 0. The molecule has 0 bridgehead atoms. The van der Waals surface area contributed by atoms with Crippen LogP contribution in [0, 0.1) is 13.8 Å². The van der Waals surface area contributed by atoms with Gasteiger partial charge in [-0.25, -0.2) is 4.68 Å². The Balaban J connectivity index is 1.94. The van der Waals surface area contributed by atoms with Crippen LogP contribution in [0.25, 0.3) is 5.69 Å². The number of rotatable bonds is 5. The molecule has 0 spiro atoms. The van der Waals surface area contributed by atoms with Gasteiger partial charge in [0.05, 0.1) is 18.0 Å². The zero-order valence-corrected chi connectivity index (χ0v) is 13.5. The smallest absolute Gasteiger partial charge is 0.112 e. The third-order valence-corrected chi connectivity index (χ3v) is 3.94. The Hall–Kier alpha value is -2.46. The van der Waals surface area contributed by atoms with Crippen molar-refractivity contribution in [3.63, 3.8) is 0 Å². The van der Waals surface area contributed by atoms with E-state index in [4.69, 9.17) is 0 Å². The average molecular weight is 307 g/mol. The predicted octanol–water partition coefficient (Wildman–Crippen LogP) is 3.16. The first-order chi connectivity index (χ1) is 11.2. The molecular formula is C19H21N3O. The molecule has 0 aliphatic carbocycles. The number of benzene rings is 2. The van der Waals surface area contributed by atoms with E-state index in [1.807, 2.05) is 22.9 Å². The van der Waals surface area contributed by atoms with Crippen LogP contribution in [0.4, 0.5) is 0 Å². The van der Waals surface area contributed by atoms with Crippen molar-refractivity contribution in [2.24, 2.45) is 0 Å². The minimum atomic E-state index is -0.0884. The van der Waals surface area contributed by atoms with Gasteiger partial charge in [0.1, 0.15) is 5.69 Å². The molecular weight excluding hydrogens is 286 g/mol. The van der Waals surface area contributed by atoms with Crippen LogP contribution in [-0.4, -0.2) is 20.1 Å². The summed E-state index contributed by atoms with van der Waals surface area (Å²) in [7, 11) is 0. The second-order valence-electron chi connectivity index (χ2n) is 5.88. The molecule has 0 saturated heterocycles. The number of aliphatic hydroxyl groups is 1. The molecule has 23 heavy (non-hydrogen) atoms. The Morgan fingerprint density at radius 1 is 0.957 bits per heavy atom. The maximum atomic E-state index is 9.57. The maximum Gasteiger partial charge on any atom is 0.112 e. The third-order valence-electron chi connectivity index (χ3n) is 3.94. The summed E-state index contributed by atoms with van der Waals surface area (Å²) in [6.07, 6.45) is 1.69. The fourth-order valence-corrected chi connectivity index (χ4v) is 2.89.